The second kappa shape index (κ2) is 15.6. The lowest BCUT2D eigenvalue weighted by molar-refractivity contribution is -0.137. The number of fused-ring (bicyclic) bond motifs is 6. The topological polar surface area (TPSA) is 57.4 Å². The van der Waals surface area contributed by atoms with Crippen molar-refractivity contribution in [2.24, 2.45) is 0 Å². The molecule has 314 valence electrons. The molecule has 0 saturated heterocycles. The van der Waals surface area contributed by atoms with Crippen LogP contribution in [-0.4, -0.2) is 9.13 Å². The summed E-state index contributed by atoms with van der Waals surface area (Å²) in [5.41, 5.74) is 14.1. The van der Waals surface area contributed by atoms with Crippen molar-refractivity contribution in [1.82, 2.24) is 9.13 Å². The zero-order valence-electron chi connectivity index (χ0n) is 35.8. The molecule has 0 atom stereocenters. The maximum Gasteiger partial charge on any atom is 0.416 e. The Morgan fingerprint density at radius 2 is 0.864 bits per heavy atom. The molecule has 0 radical (unpaired) electrons. The highest BCUT2D eigenvalue weighted by molar-refractivity contribution is 6.13. The summed E-state index contributed by atoms with van der Waals surface area (Å²) in [5, 5.41) is 25.0. The van der Waals surface area contributed by atoms with Crippen LogP contribution in [0.4, 0.5) is 13.2 Å². The minimum Gasteiger partial charge on any atom is -0.309 e. The molecule has 0 aliphatic carbocycles. The van der Waals surface area contributed by atoms with Gasteiger partial charge in [0.15, 0.2) is 0 Å². The standard InChI is InChI=1S/C59H37F3N4/c1-36-11-3-5-13-44(36)39-20-26-56-50(31-39)47-15-7-9-17-53(47)65(56)55-25-19-38(34-63)29-49(55)52-33-41(46-24-23-43(59(60,61)62)30-42(46)35-64)22-28-58(52)66-54-18-10-8-16-48(54)51-32-40(21-27-57(51)66)45-14-6-4-12-37(45)2/h3-33H,1-2H3. The van der Waals surface area contributed by atoms with Gasteiger partial charge in [0.25, 0.3) is 0 Å². The van der Waals surface area contributed by atoms with Crippen molar-refractivity contribution in [2.75, 3.05) is 0 Å². The lowest BCUT2D eigenvalue weighted by Crippen LogP contribution is -2.05. The van der Waals surface area contributed by atoms with Gasteiger partial charge in [0.1, 0.15) is 0 Å². The van der Waals surface area contributed by atoms with Crippen LogP contribution in [0.5, 0.6) is 0 Å². The first-order chi connectivity index (χ1) is 32.1. The molecule has 2 heterocycles. The van der Waals surface area contributed by atoms with Crippen LogP contribution in [0.1, 0.15) is 27.8 Å². The molecule has 0 saturated carbocycles. The second-order valence-electron chi connectivity index (χ2n) is 16.7. The molecule has 0 fully saturated rings. The van der Waals surface area contributed by atoms with E-state index in [0.717, 1.165) is 100 Å². The van der Waals surface area contributed by atoms with Crippen molar-refractivity contribution in [3.63, 3.8) is 0 Å². The maximum atomic E-state index is 14.0. The predicted molar refractivity (Wildman–Crippen MR) is 261 cm³/mol. The lowest BCUT2D eigenvalue weighted by Gasteiger charge is -2.20. The van der Waals surface area contributed by atoms with Gasteiger partial charge in [-0.3, -0.25) is 0 Å². The third kappa shape index (κ3) is 6.52. The summed E-state index contributed by atoms with van der Waals surface area (Å²) < 4.78 is 46.4. The minimum absolute atomic E-state index is 0.0954. The highest BCUT2D eigenvalue weighted by Crippen LogP contribution is 2.45. The van der Waals surface area contributed by atoms with Gasteiger partial charge in [-0.2, -0.15) is 23.7 Å². The van der Waals surface area contributed by atoms with Gasteiger partial charge in [-0.25, -0.2) is 0 Å². The van der Waals surface area contributed by atoms with Gasteiger partial charge in [-0.05, 0) is 137 Å². The Morgan fingerprint density at radius 3 is 1.39 bits per heavy atom. The van der Waals surface area contributed by atoms with E-state index in [9.17, 15) is 23.7 Å². The van der Waals surface area contributed by atoms with Crippen LogP contribution in [0, 0.1) is 36.5 Å². The molecule has 2 aromatic heterocycles. The molecule has 66 heavy (non-hydrogen) atoms. The molecule has 0 aliphatic heterocycles. The van der Waals surface area contributed by atoms with Gasteiger partial charge >= 0.3 is 6.18 Å². The zero-order chi connectivity index (χ0) is 45.3. The van der Waals surface area contributed by atoms with E-state index in [1.165, 1.54) is 17.2 Å². The normalized spacial score (nSPS) is 11.7. The van der Waals surface area contributed by atoms with Crippen LogP contribution < -0.4 is 0 Å². The van der Waals surface area contributed by atoms with E-state index in [-0.39, 0.29) is 5.56 Å². The van der Waals surface area contributed by atoms with Gasteiger partial charge in [0.2, 0.25) is 0 Å². The molecule has 0 spiro atoms. The van der Waals surface area contributed by atoms with Gasteiger partial charge in [0.05, 0.1) is 62.3 Å². The molecule has 0 aliphatic rings. The van der Waals surface area contributed by atoms with Crippen molar-refractivity contribution in [1.29, 1.82) is 10.5 Å². The monoisotopic (exact) mass is 858 g/mol. The maximum absolute atomic E-state index is 14.0. The number of rotatable bonds is 6. The van der Waals surface area contributed by atoms with Crippen molar-refractivity contribution >= 4 is 43.6 Å². The molecule has 11 aromatic rings. The van der Waals surface area contributed by atoms with Crippen LogP contribution in [0.2, 0.25) is 0 Å². The Hall–Kier alpha value is -8.65. The first-order valence-electron chi connectivity index (χ1n) is 21.6. The average Bonchev–Trinajstić information content (AvgIpc) is 3.85. The highest BCUT2D eigenvalue weighted by atomic mass is 19.4. The van der Waals surface area contributed by atoms with E-state index in [4.69, 9.17) is 0 Å². The Balaban J connectivity index is 1.22. The van der Waals surface area contributed by atoms with E-state index in [1.54, 1.807) is 0 Å². The van der Waals surface area contributed by atoms with E-state index in [1.807, 2.05) is 84.9 Å². The Bertz CT molecular complexity index is 3870. The molecule has 4 nitrogen and oxygen atoms in total. The molecule has 7 heteroatoms. The fourth-order valence-corrected chi connectivity index (χ4v) is 9.79. The quantitative estimate of drug-likeness (QED) is 0.167. The van der Waals surface area contributed by atoms with Crippen LogP contribution in [0.15, 0.2) is 188 Å². The van der Waals surface area contributed by atoms with Gasteiger partial charge in [-0.15, -0.1) is 0 Å². The first kappa shape index (κ1) is 40.1. The van der Waals surface area contributed by atoms with Crippen molar-refractivity contribution in [3.8, 4) is 68.0 Å². The van der Waals surface area contributed by atoms with E-state index >= 15 is 0 Å². The summed E-state index contributed by atoms with van der Waals surface area (Å²) in [4.78, 5) is 0. The summed E-state index contributed by atoms with van der Waals surface area (Å²) in [5.74, 6) is 0. The molecule has 0 amide bonds. The van der Waals surface area contributed by atoms with Crippen molar-refractivity contribution in [2.45, 2.75) is 20.0 Å². The summed E-state index contributed by atoms with van der Waals surface area (Å²) in [7, 11) is 0. The number of aryl methyl sites for hydroxylation is 2. The number of para-hydroxylation sites is 2. The molecular formula is C59H37F3N4. The number of hydrogen-bond donors (Lipinski definition) is 0. The third-order valence-electron chi connectivity index (χ3n) is 12.9. The summed E-state index contributed by atoms with van der Waals surface area (Å²) in [6, 6.07) is 65.5. The smallest absolute Gasteiger partial charge is 0.309 e. The number of benzene rings is 9. The average molecular weight is 859 g/mol. The molecule has 11 rings (SSSR count). The molecule has 0 N–H and O–H groups in total. The Kier molecular flexibility index (Phi) is 9.46. The second-order valence-corrected chi connectivity index (χ2v) is 16.7. The number of nitrogens with zero attached hydrogens (tertiary/aromatic N) is 4. The highest BCUT2D eigenvalue weighted by Gasteiger charge is 2.31. The fourth-order valence-electron chi connectivity index (χ4n) is 9.79. The number of nitriles is 2. The third-order valence-corrected chi connectivity index (χ3v) is 12.9. The Morgan fingerprint density at radius 1 is 0.394 bits per heavy atom. The van der Waals surface area contributed by atoms with Crippen LogP contribution in [0.25, 0.3) is 99.5 Å². The molecule has 9 aromatic carbocycles. The van der Waals surface area contributed by atoms with Crippen LogP contribution in [-0.2, 0) is 6.18 Å². The number of alkyl halides is 3. The van der Waals surface area contributed by atoms with E-state index in [0.29, 0.717) is 16.7 Å². The number of aromatic nitrogens is 2. The predicted octanol–water partition coefficient (Wildman–Crippen LogP) is 15.9. The number of hydrogen-bond acceptors (Lipinski definition) is 2. The lowest BCUT2D eigenvalue weighted by atomic mass is 9.92. The van der Waals surface area contributed by atoms with E-state index < -0.39 is 11.7 Å². The minimum atomic E-state index is -4.62. The molecule has 0 bridgehead atoms. The summed E-state index contributed by atoms with van der Waals surface area (Å²) in [6.45, 7) is 4.22. The largest absolute Gasteiger partial charge is 0.416 e. The van der Waals surface area contributed by atoms with E-state index in [2.05, 4.69) is 120 Å². The molecular weight excluding hydrogens is 822 g/mol. The SMILES string of the molecule is Cc1ccccc1-c1ccc2c(c1)c1ccccc1n2-c1ccc(C#N)cc1-c1cc(-c2ccc(C(F)(F)F)cc2C#N)ccc1-n1c2ccccc2c2cc(-c3ccccc3C)ccc21. The zero-order valence-corrected chi connectivity index (χ0v) is 35.8. The first-order valence-corrected chi connectivity index (χ1v) is 21.6. The van der Waals surface area contributed by atoms with Crippen molar-refractivity contribution in [3.05, 3.63) is 216 Å². The summed E-state index contributed by atoms with van der Waals surface area (Å²) >= 11 is 0. The molecule has 0 unspecified atom stereocenters. The van der Waals surface area contributed by atoms with Crippen LogP contribution in [0.3, 0.4) is 0 Å². The van der Waals surface area contributed by atoms with Gasteiger partial charge in [-0.1, -0.05) is 109 Å². The number of halogens is 3. The van der Waals surface area contributed by atoms with Gasteiger partial charge < -0.3 is 9.13 Å². The Labute approximate surface area is 378 Å². The summed E-state index contributed by atoms with van der Waals surface area (Å²) in [6.07, 6.45) is -4.62. The van der Waals surface area contributed by atoms with Gasteiger partial charge in [0, 0.05) is 32.7 Å². The van der Waals surface area contributed by atoms with Crippen molar-refractivity contribution < 1.29 is 13.2 Å². The fraction of sp³-hybridized carbons (Fsp3) is 0.0508. The van der Waals surface area contributed by atoms with Crippen LogP contribution >= 0.6 is 0 Å².